The van der Waals surface area contributed by atoms with Gasteiger partial charge in [-0.05, 0) is 62.9 Å². The third kappa shape index (κ3) is 4.54. The quantitative estimate of drug-likeness (QED) is 0.701. The van der Waals surface area contributed by atoms with Gasteiger partial charge < -0.3 is 10.2 Å². The Morgan fingerprint density at radius 2 is 1.81 bits per heavy atom. The van der Waals surface area contributed by atoms with Gasteiger partial charge in [0.25, 0.3) is 17.7 Å². The highest BCUT2D eigenvalue weighted by Crippen LogP contribution is 2.25. The molecule has 0 bridgehead atoms. The van der Waals surface area contributed by atoms with Crippen molar-refractivity contribution in [3.8, 4) is 0 Å². The van der Waals surface area contributed by atoms with Crippen LogP contribution in [0.1, 0.15) is 56.9 Å². The zero-order valence-electron chi connectivity index (χ0n) is 18.1. The van der Waals surface area contributed by atoms with E-state index in [-0.39, 0.29) is 17.7 Å². The molecule has 2 aliphatic heterocycles. The first kappa shape index (κ1) is 21.2. The van der Waals surface area contributed by atoms with Crippen LogP contribution in [-0.4, -0.2) is 59.7 Å². The first-order chi connectivity index (χ1) is 14.9. The molecular weight excluding hydrogens is 390 g/mol. The van der Waals surface area contributed by atoms with Crippen molar-refractivity contribution in [2.45, 2.75) is 32.7 Å². The molecule has 0 aromatic heterocycles. The van der Waals surface area contributed by atoms with Crippen molar-refractivity contribution in [3.63, 3.8) is 0 Å². The average Bonchev–Trinajstić information content (AvgIpc) is 3.35. The SMILES string of the molecule is CC(C)N1CCC(CNC(=O)c2ccc3c(c2)C(=O)N(CCc2ccccc2)C3=O)C1. The van der Waals surface area contributed by atoms with E-state index in [2.05, 4.69) is 24.1 Å². The maximum atomic E-state index is 12.8. The summed E-state index contributed by atoms with van der Waals surface area (Å²) in [6, 6.07) is 15.1. The molecule has 6 nitrogen and oxygen atoms in total. The molecule has 0 saturated carbocycles. The van der Waals surface area contributed by atoms with E-state index in [0.717, 1.165) is 25.1 Å². The van der Waals surface area contributed by atoms with E-state index in [0.29, 0.717) is 48.2 Å². The summed E-state index contributed by atoms with van der Waals surface area (Å²) in [5, 5.41) is 3.00. The summed E-state index contributed by atoms with van der Waals surface area (Å²) in [5.41, 5.74) is 2.18. The van der Waals surface area contributed by atoms with Crippen LogP contribution in [0, 0.1) is 5.92 Å². The minimum absolute atomic E-state index is 0.200. The molecule has 0 spiro atoms. The van der Waals surface area contributed by atoms with Crippen LogP contribution < -0.4 is 5.32 Å². The Bertz CT molecular complexity index is 987. The van der Waals surface area contributed by atoms with E-state index in [4.69, 9.17) is 0 Å². The number of hydrogen-bond donors (Lipinski definition) is 1. The molecule has 1 fully saturated rings. The number of likely N-dealkylation sites (tertiary alicyclic amines) is 1. The summed E-state index contributed by atoms with van der Waals surface area (Å²) in [7, 11) is 0. The smallest absolute Gasteiger partial charge is 0.261 e. The topological polar surface area (TPSA) is 69.7 Å². The van der Waals surface area contributed by atoms with Crippen LogP contribution in [0.3, 0.4) is 0 Å². The maximum absolute atomic E-state index is 12.8. The number of carbonyl (C=O) groups excluding carboxylic acids is 3. The van der Waals surface area contributed by atoms with Crippen LogP contribution >= 0.6 is 0 Å². The van der Waals surface area contributed by atoms with Gasteiger partial charge in [0.15, 0.2) is 0 Å². The molecule has 2 aliphatic rings. The normalized spacial score (nSPS) is 18.7. The minimum Gasteiger partial charge on any atom is -0.352 e. The van der Waals surface area contributed by atoms with Gasteiger partial charge >= 0.3 is 0 Å². The molecular formula is C25H29N3O3. The summed E-state index contributed by atoms with van der Waals surface area (Å²) in [5.74, 6) is -0.372. The zero-order chi connectivity index (χ0) is 22.0. The number of nitrogens with zero attached hydrogens (tertiary/aromatic N) is 2. The molecule has 2 heterocycles. The predicted molar refractivity (Wildman–Crippen MR) is 119 cm³/mol. The number of nitrogens with one attached hydrogen (secondary N) is 1. The number of hydrogen-bond acceptors (Lipinski definition) is 4. The molecule has 162 valence electrons. The van der Waals surface area contributed by atoms with Crippen LogP contribution in [0.4, 0.5) is 0 Å². The van der Waals surface area contributed by atoms with Gasteiger partial charge in [0.05, 0.1) is 11.1 Å². The fourth-order valence-electron chi connectivity index (χ4n) is 4.36. The Balaban J connectivity index is 1.38. The van der Waals surface area contributed by atoms with Crippen molar-refractivity contribution in [2.24, 2.45) is 5.92 Å². The Kier molecular flexibility index (Phi) is 6.18. The first-order valence-corrected chi connectivity index (χ1v) is 11.0. The lowest BCUT2D eigenvalue weighted by molar-refractivity contribution is 0.0656. The second-order valence-electron chi connectivity index (χ2n) is 8.71. The monoisotopic (exact) mass is 419 g/mol. The first-order valence-electron chi connectivity index (χ1n) is 11.0. The van der Waals surface area contributed by atoms with Crippen molar-refractivity contribution in [2.75, 3.05) is 26.2 Å². The van der Waals surface area contributed by atoms with Gasteiger partial charge in [0.2, 0.25) is 0 Å². The number of imide groups is 1. The Morgan fingerprint density at radius 1 is 1.06 bits per heavy atom. The lowest BCUT2D eigenvalue weighted by Crippen LogP contribution is -2.33. The highest BCUT2D eigenvalue weighted by atomic mass is 16.2. The van der Waals surface area contributed by atoms with E-state index >= 15 is 0 Å². The maximum Gasteiger partial charge on any atom is 0.261 e. The number of benzene rings is 2. The zero-order valence-corrected chi connectivity index (χ0v) is 18.1. The van der Waals surface area contributed by atoms with Crippen molar-refractivity contribution < 1.29 is 14.4 Å². The molecule has 31 heavy (non-hydrogen) atoms. The van der Waals surface area contributed by atoms with Crippen LogP contribution in [-0.2, 0) is 6.42 Å². The number of amides is 3. The third-order valence-corrected chi connectivity index (χ3v) is 6.30. The molecule has 1 atom stereocenters. The van der Waals surface area contributed by atoms with Gasteiger partial charge in [0, 0.05) is 31.2 Å². The molecule has 4 rings (SSSR count). The fourth-order valence-corrected chi connectivity index (χ4v) is 4.36. The Morgan fingerprint density at radius 3 is 2.52 bits per heavy atom. The number of fused-ring (bicyclic) bond motifs is 1. The molecule has 6 heteroatoms. The number of carbonyl (C=O) groups is 3. The molecule has 0 aliphatic carbocycles. The second kappa shape index (κ2) is 9.02. The average molecular weight is 420 g/mol. The standard InChI is InChI=1S/C25H29N3O3/c1-17(2)27-12-10-19(16-27)15-26-23(29)20-8-9-21-22(14-20)25(31)28(24(21)30)13-11-18-6-4-3-5-7-18/h3-9,14,17,19H,10-13,15-16H2,1-2H3,(H,26,29). The van der Waals surface area contributed by atoms with Gasteiger partial charge in [-0.25, -0.2) is 0 Å². The lowest BCUT2D eigenvalue weighted by Gasteiger charge is -2.20. The summed E-state index contributed by atoms with van der Waals surface area (Å²) in [6.45, 7) is 7.37. The third-order valence-electron chi connectivity index (χ3n) is 6.30. The summed E-state index contributed by atoms with van der Waals surface area (Å²) in [6.07, 6.45) is 1.68. The summed E-state index contributed by atoms with van der Waals surface area (Å²) in [4.78, 5) is 41.9. The molecule has 1 saturated heterocycles. The van der Waals surface area contributed by atoms with Crippen LogP contribution in [0.5, 0.6) is 0 Å². The van der Waals surface area contributed by atoms with E-state index in [1.165, 1.54) is 4.90 Å². The van der Waals surface area contributed by atoms with Crippen molar-refractivity contribution >= 4 is 17.7 Å². The van der Waals surface area contributed by atoms with E-state index in [9.17, 15) is 14.4 Å². The molecule has 2 aromatic rings. The molecule has 1 unspecified atom stereocenters. The van der Waals surface area contributed by atoms with Gasteiger partial charge in [-0.15, -0.1) is 0 Å². The van der Waals surface area contributed by atoms with Crippen molar-refractivity contribution in [3.05, 3.63) is 70.8 Å². The second-order valence-corrected chi connectivity index (χ2v) is 8.71. The lowest BCUT2D eigenvalue weighted by atomic mass is 10.0. The van der Waals surface area contributed by atoms with E-state index in [1.54, 1.807) is 18.2 Å². The van der Waals surface area contributed by atoms with Crippen LogP contribution in [0.2, 0.25) is 0 Å². The molecule has 1 N–H and O–H groups in total. The summed E-state index contributed by atoms with van der Waals surface area (Å²) >= 11 is 0. The molecule has 2 aromatic carbocycles. The largest absolute Gasteiger partial charge is 0.352 e. The van der Waals surface area contributed by atoms with E-state index < -0.39 is 0 Å². The summed E-state index contributed by atoms with van der Waals surface area (Å²) < 4.78 is 0. The van der Waals surface area contributed by atoms with Gasteiger partial charge in [-0.2, -0.15) is 0 Å². The highest BCUT2D eigenvalue weighted by Gasteiger charge is 2.35. The molecule has 0 radical (unpaired) electrons. The van der Waals surface area contributed by atoms with Crippen molar-refractivity contribution in [1.82, 2.24) is 15.1 Å². The van der Waals surface area contributed by atoms with E-state index in [1.807, 2.05) is 30.3 Å². The number of rotatable bonds is 7. The predicted octanol–water partition coefficient (Wildman–Crippen LogP) is 2.99. The van der Waals surface area contributed by atoms with Gasteiger partial charge in [0.1, 0.15) is 0 Å². The van der Waals surface area contributed by atoms with Crippen LogP contribution in [0.15, 0.2) is 48.5 Å². The van der Waals surface area contributed by atoms with Gasteiger partial charge in [-0.1, -0.05) is 30.3 Å². The van der Waals surface area contributed by atoms with Gasteiger partial charge in [-0.3, -0.25) is 19.3 Å². The van der Waals surface area contributed by atoms with Crippen molar-refractivity contribution in [1.29, 1.82) is 0 Å². The van der Waals surface area contributed by atoms with Crippen LogP contribution in [0.25, 0.3) is 0 Å². The fraction of sp³-hybridized carbons (Fsp3) is 0.400. The Hall–Kier alpha value is -2.99. The Labute approximate surface area is 183 Å². The highest BCUT2D eigenvalue weighted by molar-refractivity contribution is 6.22. The minimum atomic E-state index is -0.325. The molecule has 3 amide bonds.